The van der Waals surface area contributed by atoms with E-state index in [-0.39, 0.29) is 16.0 Å². The van der Waals surface area contributed by atoms with Gasteiger partial charge < -0.3 is 4.57 Å². The number of nitrogens with zero attached hydrogens (tertiary/aromatic N) is 2. The van der Waals surface area contributed by atoms with Gasteiger partial charge >= 0.3 is 0 Å². The van der Waals surface area contributed by atoms with Gasteiger partial charge in [0.1, 0.15) is 0 Å². The molecule has 29 heavy (non-hydrogen) atoms. The first-order valence-corrected chi connectivity index (χ1v) is 9.75. The van der Waals surface area contributed by atoms with E-state index in [0.29, 0.717) is 0 Å². The fourth-order valence-electron chi connectivity index (χ4n) is 3.69. The highest BCUT2D eigenvalue weighted by Gasteiger charge is 2.17. The van der Waals surface area contributed by atoms with Crippen molar-refractivity contribution in [3.8, 4) is 11.1 Å². The summed E-state index contributed by atoms with van der Waals surface area (Å²) in [7, 11) is 0. The van der Waals surface area contributed by atoms with Gasteiger partial charge in [-0.25, -0.2) is 0 Å². The highest BCUT2D eigenvalue weighted by Crippen LogP contribution is 2.34. The molecule has 0 unspecified atom stereocenters. The van der Waals surface area contributed by atoms with Crippen LogP contribution in [0.4, 0.5) is 5.69 Å². The lowest BCUT2D eigenvalue weighted by Crippen LogP contribution is -2.10. The van der Waals surface area contributed by atoms with E-state index in [1.807, 2.05) is 24.3 Å². The molecule has 4 aromatic rings. The molecule has 0 saturated heterocycles. The van der Waals surface area contributed by atoms with Crippen LogP contribution in [0.25, 0.3) is 22.0 Å². The zero-order valence-corrected chi connectivity index (χ0v) is 16.9. The molecule has 1 heterocycles. The van der Waals surface area contributed by atoms with E-state index in [1.54, 1.807) is 12.1 Å². The topological polar surface area (TPSA) is 48.1 Å². The van der Waals surface area contributed by atoms with Crippen LogP contribution in [0.2, 0.25) is 0 Å². The molecule has 4 heteroatoms. The number of nitro benzene ring substituents is 1. The van der Waals surface area contributed by atoms with E-state index in [1.165, 1.54) is 11.1 Å². The number of rotatable bonds is 4. The molecular formula is C25H24N2O2. The van der Waals surface area contributed by atoms with Gasteiger partial charge in [-0.05, 0) is 28.2 Å². The van der Waals surface area contributed by atoms with Gasteiger partial charge in [-0.3, -0.25) is 10.1 Å². The Morgan fingerprint density at radius 1 is 0.931 bits per heavy atom. The Balaban J connectivity index is 1.85. The smallest absolute Gasteiger partial charge is 0.270 e. The molecule has 0 atom stereocenters. The number of fused-ring (bicyclic) bond motifs is 1. The van der Waals surface area contributed by atoms with Gasteiger partial charge in [0.2, 0.25) is 0 Å². The van der Waals surface area contributed by atoms with E-state index in [2.05, 4.69) is 67.9 Å². The molecule has 146 valence electrons. The van der Waals surface area contributed by atoms with Gasteiger partial charge in [0.05, 0.1) is 4.92 Å². The Bertz CT molecular complexity index is 1170. The normalized spacial score (nSPS) is 11.7. The average molecular weight is 384 g/mol. The van der Waals surface area contributed by atoms with Crippen molar-refractivity contribution < 1.29 is 4.92 Å². The quantitative estimate of drug-likeness (QED) is 0.295. The molecule has 0 radical (unpaired) electrons. The fraction of sp³-hybridized carbons (Fsp3) is 0.200. The second-order valence-electron chi connectivity index (χ2n) is 8.44. The number of nitro groups is 1. The first-order valence-electron chi connectivity index (χ1n) is 9.75. The molecule has 0 fully saturated rings. The Morgan fingerprint density at radius 3 is 2.24 bits per heavy atom. The molecule has 4 rings (SSSR count). The lowest BCUT2D eigenvalue weighted by molar-refractivity contribution is -0.384. The van der Waals surface area contributed by atoms with E-state index >= 15 is 0 Å². The lowest BCUT2D eigenvalue weighted by Gasteiger charge is -2.19. The Labute approximate surface area is 170 Å². The van der Waals surface area contributed by atoms with Crippen molar-refractivity contribution in [1.29, 1.82) is 0 Å². The minimum Gasteiger partial charge on any atom is -0.342 e. The SMILES string of the molecule is CC(C)(C)c1ccc(-c2cn(Cc3ccccc3)c3ccc([N+](=O)[O-])cc23)cc1. The van der Waals surface area contributed by atoms with E-state index in [4.69, 9.17) is 0 Å². The second kappa shape index (κ2) is 7.21. The standard InChI is InChI=1S/C25H24N2O2/c1-25(2,3)20-11-9-19(10-12-20)23-17-26(16-18-7-5-4-6-8-18)24-14-13-21(27(28)29)15-22(23)24/h4-15,17H,16H2,1-3H3. The minimum atomic E-state index is -0.333. The Morgan fingerprint density at radius 2 is 1.62 bits per heavy atom. The van der Waals surface area contributed by atoms with Gasteiger partial charge in [0, 0.05) is 41.3 Å². The molecule has 0 aliphatic heterocycles. The zero-order valence-electron chi connectivity index (χ0n) is 16.9. The maximum absolute atomic E-state index is 11.3. The molecule has 0 amide bonds. The van der Waals surface area contributed by atoms with E-state index < -0.39 is 0 Å². The van der Waals surface area contributed by atoms with Crippen molar-refractivity contribution in [3.05, 3.63) is 100 Å². The molecule has 0 spiro atoms. The van der Waals surface area contributed by atoms with Gasteiger partial charge in [0.25, 0.3) is 5.69 Å². The third-order valence-electron chi connectivity index (χ3n) is 5.33. The largest absolute Gasteiger partial charge is 0.342 e. The van der Waals surface area contributed by atoms with Crippen molar-refractivity contribution in [2.45, 2.75) is 32.7 Å². The van der Waals surface area contributed by atoms with E-state index in [0.717, 1.165) is 28.6 Å². The van der Waals surface area contributed by atoms with Crippen LogP contribution in [0.1, 0.15) is 31.9 Å². The van der Waals surface area contributed by atoms with Crippen LogP contribution in [0.3, 0.4) is 0 Å². The number of non-ortho nitro benzene ring substituents is 1. The average Bonchev–Trinajstić information content (AvgIpc) is 3.06. The van der Waals surface area contributed by atoms with Crippen molar-refractivity contribution >= 4 is 16.6 Å². The maximum atomic E-state index is 11.3. The second-order valence-corrected chi connectivity index (χ2v) is 8.44. The van der Waals surface area contributed by atoms with E-state index in [9.17, 15) is 10.1 Å². The predicted octanol–water partition coefficient (Wildman–Crippen LogP) is 6.56. The highest BCUT2D eigenvalue weighted by molar-refractivity contribution is 5.97. The summed E-state index contributed by atoms with van der Waals surface area (Å²) in [4.78, 5) is 11.0. The summed E-state index contributed by atoms with van der Waals surface area (Å²) in [6.07, 6.45) is 2.10. The van der Waals surface area contributed by atoms with Gasteiger partial charge in [-0.1, -0.05) is 75.4 Å². The van der Waals surface area contributed by atoms with Gasteiger partial charge in [0.15, 0.2) is 0 Å². The Hall–Kier alpha value is -3.40. The monoisotopic (exact) mass is 384 g/mol. The van der Waals surface area contributed by atoms with Gasteiger partial charge in [-0.15, -0.1) is 0 Å². The molecule has 0 N–H and O–H groups in total. The van der Waals surface area contributed by atoms with Crippen LogP contribution in [0.5, 0.6) is 0 Å². The summed E-state index contributed by atoms with van der Waals surface area (Å²) >= 11 is 0. The van der Waals surface area contributed by atoms with Gasteiger partial charge in [-0.2, -0.15) is 0 Å². The lowest BCUT2D eigenvalue weighted by atomic mass is 9.86. The first-order chi connectivity index (χ1) is 13.8. The van der Waals surface area contributed by atoms with Crippen LogP contribution in [0.15, 0.2) is 79.0 Å². The third-order valence-corrected chi connectivity index (χ3v) is 5.33. The van der Waals surface area contributed by atoms with Crippen LogP contribution in [-0.2, 0) is 12.0 Å². The number of hydrogen-bond donors (Lipinski definition) is 0. The highest BCUT2D eigenvalue weighted by atomic mass is 16.6. The molecule has 4 nitrogen and oxygen atoms in total. The van der Waals surface area contributed by atoms with Crippen LogP contribution < -0.4 is 0 Å². The van der Waals surface area contributed by atoms with Crippen molar-refractivity contribution in [2.75, 3.05) is 0 Å². The summed E-state index contributed by atoms with van der Waals surface area (Å²) in [6.45, 7) is 7.29. The maximum Gasteiger partial charge on any atom is 0.270 e. The minimum absolute atomic E-state index is 0.0820. The summed E-state index contributed by atoms with van der Waals surface area (Å²) in [5.41, 5.74) is 5.73. The Kier molecular flexibility index (Phi) is 4.71. The number of aromatic nitrogens is 1. The van der Waals surface area contributed by atoms with Crippen molar-refractivity contribution in [1.82, 2.24) is 4.57 Å². The summed E-state index contributed by atoms with van der Waals surface area (Å²) in [6, 6.07) is 23.9. The van der Waals surface area contributed by atoms with Crippen LogP contribution in [-0.4, -0.2) is 9.49 Å². The predicted molar refractivity (Wildman–Crippen MR) is 118 cm³/mol. The fourth-order valence-corrected chi connectivity index (χ4v) is 3.69. The number of hydrogen-bond acceptors (Lipinski definition) is 2. The third kappa shape index (κ3) is 3.79. The molecular weight excluding hydrogens is 360 g/mol. The van der Waals surface area contributed by atoms with Crippen molar-refractivity contribution in [3.63, 3.8) is 0 Å². The summed E-state index contributed by atoms with van der Waals surface area (Å²) in [5.74, 6) is 0. The zero-order chi connectivity index (χ0) is 20.6. The first kappa shape index (κ1) is 18.9. The summed E-state index contributed by atoms with van der Waals surface area (Å²) < 4.78 is 2.17. The molecule has 1 aromatic heterocycles. The molecule has 3 aromatic carbocycles. The molecule has 0 bridgehead atoms. The molecule has 0 aliphatic carbocycles. The molecule has 0 aliphatic rings. The summed E-state index contributed by atoms with van der Waals surface area (Å²) in [5, 5.41) is 12.2. The van der Waals surface area contributed by atoms with Crippen LogP contribution in [0, 0.1) is 10.1 Å². The van der Waals surface area contributed by atoms with Crippen LogP contribution >= 0.6 is 0 Å². The van der Waals surface area contributed by atoms with Crippen molar-refractivity contribution in [2.24, 2.45) is 0 Å². The molecule has 0 saturated carbocycles. The number of benzene rings is 3.